The predicted molar refractivity (Wildman–Crippen MR) is 113 cm³/mol. The number of anilines is 1. The van der Waals surface area contributed by atoms with E-state index in [1.807, 2.05) is 60.4 Å². The molecule has 0 saturated carbocycles. The second kappa shape index (κ2) is 9.93. The van der Waals surface area contributed by atoms with Gasteiger partial charge >= 0.3 is 0 Å². The Balaban J connectivity index is 1.84. The van der Waals surface area contributed by atoms with Gasteiger partial charge in [0.05, 0.1) is 20.3 Å². The van der Waals surface area contributed by atoms with Crippen LogP contribution in [0.1, 0.15) is 43.0 Å². The number of Topliss-reactive ketones (excluding diaryl/α,β-unsaturated/α-hetero) is 1. The van der Waals surface area contributed by atoms with E-state index in [0.29, 0.717) is 12.2 Å². The first kappa shape index (κ1) is 19.9. The summed E-state index contributed by atoms with van der Waals surface area (Å²) in [4.78, 5) is 19.8. The molecule has 0 spiro atoms. The molecule has 0 N–H and O–H groups in total. The van der Waals surface area contributed by atoms with Crippen molar-refractivity contribution in [2.75, 3.05) is 31.7 Å². The lowest BCUT2D eigenvalue weighted by Crippen LogP contribution is -2.36. The average Bonchev–Trinajstić information content (AvgIpc) is 3.02. The number of methoxy groups -OCH3 is 1. The van der Waals surface area contributed by atoms with E-state index in [1.54, 1.807) is 7.11 Å². The molecule has 2 aromatic carbocycles. The van der Waals surface area contributed by atoms with Gasteiger partial charge < -0.3 is 14.4 Å². The number of aliphatic imine (C=N–C) groups is 1. The zero-order valence-corrected chi connectivity index (χ0v) is 16.7. The van der Waals surface area contributed by atoms with Crippen LogP contribution in [0.3, 0.4) is 0 Å². The first-order valence-electron chi connectivity index (χ1n) is 9.92. The number of benzene rings is 2. The van der Waals surface area contributed by atoms with Crippen LogP contribution in [0, 0.1) is 0 Å². The van der Waals surface area contributed by atoms with Crippen molar-refractivity contribution in [1.82, 2.24) is 0 Å². The van der Waals surface area contributed by atoms with Crippen molar-refractivity contribution in [3.8, 4) is 11.5 Å². The fourth-order valence-electron chi connectivity index (χ4n) is 3.31. The third kappa shape index (κ3) is 5.12. The SMILES string of the molecule is CCOc1ccc(N(CC(=O)c2ccc(OC)cc2)C2=NCCCCC2)cc1. The Morgan fingerprint density at radius 3 is 2.39 bits per heavy atom. The molecule has 1 heterocycles. The van der Waals surface area contributed by atoms with E-state index in [0.717, 1.165) is 48.8 Å². The van der Waals surface area contributed by atoms with Gasteiger partial charge in [-0.2, -0.15) is 0 Å². The summed E-state index contributed by atoms with van der Waals surface area (Å²) in [5, 5.41) is 0. The lowest BCUT2D eigenvalue weighted by atomic mass is 10.1. The number of amidine groups is 1. The molecule has 0 fully saturated rings. The highest BCUT2D eigenvalue weighted by Crippen LogP contribution is 2.23. The molecule has 0 amide bonds. The normalized spacial score (nSPS) is 14.0. The molecule has 5 nitrogen and oxygen atoms in total. The Kier molecular flexibility index (Phi) is 7.06. The molecule has 0 saturated heterocycles. The molecule has 0 radical (unpaired) electrons. The van der Waals surface area contributed by atoms with E-state index in [1.165, 1.54) is 6.42 Å². The summed E-state index contributed by atoms with van der Waals surface area (Å²) in [5.41, 5.74) is 1.64. The molecule has 1 aliphatic rings. The third-order valence-corrected chi connectivity index (χ3v) is 4.84. The molecule has 2 aromatic rings. The molecular weight excluding hydrogens is 352 g/mol. The second-order valence-electron chi connectivity index (χ2n) is 6.77. The number of carbonyl (C=O) groups is 1. The zero-order valence-electron chi connectivity index (χ0n) is 16.7. The molecule has 148 valence electrons. The summed E-state index contributed by atoms with van der Waals surface area (Å²) in [7, 11) is 1.62. The Bertz CT molecular complexity index is 798. The largest absolute Gasteiger partial charge is 0.497 e. The van der Waals surface area contributed by atoms with Gasteiger partial charge in [-0.15, -0.1) is 0 Å². The highest BCUT2D eigenvalue weighted by atomic mass is 16.5. The molecule has 0 aliphatic carbocycles. The van der Waals surface area contributed by atoms with Crippen LogP contribution in [-0.4, -0.2) is 38.4 Å². The van der Waals surface area contributed by atoms with Crippen molar-refractivity contribution in [3.63, 3.8) is 0 Å². The number of ketones is 1. The van der Waals surface area contributed by atoms with E-state index in [4.69, 9.17) is 14.5 Å². The minimum atomic E-state index is 0.0588. The summed E-state index contributed by atoms with van der Waals surface area (Å²) >= 11 is 0. The maximum Gasteiger partial charge on any atom is 0.182 e. The van der Waals surface area contributed by atoms with Crippen LogP contribution in [0.2, 0.25) is 0 Å². The van der Waals surface area contributed by atoms with Crippen molar-refractivity contribution in [2.45, 2.75) is 32.6 Å². The molecule has 0 unspecified atom stereocenters. The fraction of sp³-hybridized carbons (Fsp3) is 0.391. The van der Waals surface area contributed by atoms with Gasteiger partial charge in [-0.05, 0) is 68.3 Å². The Morgan fingerprint density at radius 2 is 1.71 bits per heavy atom. The molecule has 0 atom stereocenters. The van der Waals surface area contributed by atoms with Crippen LogP contribution in [0.4, 0.5) is 5.69 Å². The summed E-state index contributed by atoms with van der Waals surface area (Å²) in [6, 6.07) is 15.1. The Hall–Kier alpha value is -2.82. The van der Waals surface area contributed by atoms with Gasteiger partial charge in [0.1, 0.15) is 17.3 Å². The summed E-state index contributed by atoms with van der Waals surface area (Å²) < 4.78 is 10.7. The van der Waals surface area contributed by atoms with Crippen molar-refractivity contribution >= 4 is 17.3 Å². The van der Waals surface area contributed by atoms with Gasteiger partial charge in [0.15, 0.2) is 5.78 Å². The Morgan fingerprint density at radius 1 is 1.00 bits per heavy atom. The van der Waals surface area contributed by atoms with Crippen molar-refractivity contribution in [2.24, 2.45) is 4.99 Å². The quantitative estimate of drug-likeness (QED) is 0.650. The molecule has 0 bridgehead atoms. The van der Waals surface area contributed by atoms with Crippen LogP contribution in [0.5, 0.6) is 11.5 Å². The van der Waals surface area contributed by atoms with Crippen molar-refractivity contribution in [1.29, 1.82) is 0 Å². The van der Waals surface area contributed by atoms with Gasteiger partial charge in [-0.25, -0.2) is 0 Å². The first-order valence-corrected chi connectivity index (χ1v) is 9.92. The molecule has 28 heavy (non-hydrogen) atoms. The van der Waals surface area contributed by atoms with Crippen LogP contribution < -0.4 is 14.4 Å². The monoisotopic (exact) mass is 380 g/mol. The number of nitrogens with zero attached hydrogens (tertiary/aromatic N) is 2. The average molecular weight is 380 g/mol. The van der Waals surface area contributed by atoms with Gasteiger partial charge in [-0.3, -0.25) is 9.79 Å². The van der Waals surface area contributed by atoms with Crippen LogP contribution >= 0.6 is 0 Å². The summed E-state index contributed by atoms with van der Waals surface area (Å²) in [6.07, 6.45) is 4.27. The summed E-state index contributed by atoms with van der Waals surface area (Å²) in [6.45, 7) is 3.68. The number of ether oxygens (including phenoxy) is 2. The number of carbonyl (C=O) groups excluding carboxylic acids is 1. The number of hydrogen-bond donors (Lipinski definition) is 0. The van der Waals surface area contributed by atoms with E-state index in [-0.39, 0.29) is 12.3 Å². The standard InChI is InChI=1S/C23H28N2O3/c1-3-28-21-14-10-19(11-15-21)25(23-7-5-4-6-16-24-23)17-22(26)18-8-12-20(27-2)13-9-18/h8-15H,3-7,16-17H2,1-2H3. The van der Waals surface area contributed by atoms with Gasteiger partial charge in [0.25, 0.3) is 0 Å². The minimum absolute atomic E-state index is 0.0588. The molecular formula is C23H28N2O3. The third-order valence-electron chi connectivity index (χ3n) is 4.84. The van der Waals surface area contributed by atoms with E-state index in [9.17, 15) is 4.79 Å². The van der Waals surface area contributed by atoms with Crippen molar-refractivity contribution < 1.29 is 14.3 Å². The lowest BCUT2D eigenvalue weighted by Gasteiger charge is -2.26. The minimum Gasteiger partial charge on any atom is -0.497 e. The maximum atomic E-state index is 13.0. The molecule has 3 rings (SSSR count). The van der Waals surface area contributed by atoms with E-state index in [2.05, 4.69) is 0 Å². The first-order chi connectivity index (χ1) is 13.7. The highest BCUT2D eigenvalue weighted by Gasteiger charge is 2.19. The van der Waals surface area contributed by atoms with E-state index < -0.39 is 0 Å². The van der Waals surface area contributed by atoms with Gasteiger partial charge in [0.2, 0.25) is 0 Å². The summed E-state index contributed by atoms with van der Waals surface area (Å²) in [5.74, 6) is 2.62. The zero-order chi connectivity index (χ0) is 19.8. The number of hydrogen-bond acceptors (Lipinski definition) is 5. The number of rotatable bonds is 7. The van der Waals surface area contributed by atoms with Crippen LogP contribution in [0.15, 0.2) is 53.5 Å². The smallest absolute Gasteiger partial charge is 0.182 e. The second-order valence-corrected chi connectivity index (χ2v) is 6.77. The lowest BCUT2D eigenvalue weighted by molar-refractivity contribution is 0.100. The van der Waals surface area contributed by atoms with Gasteiger partial charge in [0, 0.05) is 24.2 Å². The molecule has 0 aromatic heterocycles. The van der Waals surface area contributed by atoms with E-state index >= 15 is 0 Å². The maximum absolute atomic E-state index is 13.0. The Labute approximate surface area is 167 Å². The topological polar surface area (TPSA) is 51.1 Å². The van der Waals surface area contributed by atoms with Crippen LogP contribution in [-0.2, 0) is 0 Å². The van der Waals surface area contributed by atoms with Gasteiger partial charge in [-0.1, -0.05) is 6.42 Å². The fourth-order valence-corrected chi connectivity index (χ4v) is 3.31. The van der Waals surface area contributed by atoms with Crippen molar-refractivity contribution in [3.05, 3.63) is 54.1 Å². The van der Waals surface area contributed by atoms with Crippen LogP contribution in [0.25, 0.3) is 0 Å². The molecule has 5 heteroatoms. The predicted octanol–water partition coefficient (Wildman–Crippen LogP) is 4.76. The highest BCUT2D eigenvalue weighted by molar-refractivity contribution is 6.07. The molecule has 1 aliphatic heterocycles.